The summed E-state index contributed by atoms with van der Waals surface area (Å²) in [6, 6.07) is 5.32. The fraction of sp³-hybridized carbons (Fsp3) is 0.667. The van der Waals surface area contributed by atoms with Gasteiger partial charge in [0.15, 0.2) is 5.82 Å². The number of hydrogen-bond donors (Lipinski definition) is 3. The lowest BCUT2D eigenvalue weighted by Crippen LogP contribution is -2.45. The molecule has 5 rings (SSSR count). The van der Waals surface area contributed by atoms with E-state index < -0.39 is 0 Å². The number of carbonyl (C=O) groups is 1. The smallest absolute Gasteiger partial charge is 0.228 e. The molecule has 0 aromatic carbocycles. The highest BCUT2D eigenvalue weighted by Gasteiger charge is 2.42. The maximum absolute atomic E-state index is 12.8. The van der Waals surface area contributed by atoms with Gasteiger partial charge in [-0.3, -0.25) is 9.69 Å². The summed E-state index contributed by atoms with van der Waals surface area (Å²) in [5, 5.41) is 35.3. The molecule has 36 heavy (non-hydrogen) atoms. The number of nitrogens with zero attached hydrogens (tertiary/aromatic N) is 7. The molecular formula is C24H35N9O2S. The molecule has 11 nitrogen and oxygen atoms in total. The van der Waals surface area contributed by atoms with E-state index in [0.29, 0.717) is 29.9 Å². The molecule has 5 heterocycles. The van der Waals surface area contributed by atoms with Crippen LogP contribution in [-0.2, 0) is 17.8 Å². The average Bonchev–Trinajstić information content (AvgIpc) is 3.64. The number of thiophene rings is 1. The van der Waals surface area contributed by atoms with E-state index in [9.17, 15) is 9.90 Å². The predicted octanol–water partition coefficient (Wildman–Crippen LogP) is 2.44. The van der Waals surface area contributed by atoms with Crippen molar-refractivity contribution in [3.05, 3.63) is 39.4 Å². The van der Waals surface area contributed by atoms with Gasteiger partial charge in [0.1, 0.15) is 11.6 Å². The quantitative estimate of drug-likeness (QED) is 0.376. The number of rotatable bonds is 10. The van der Waals surface area contributed by atoms with Crippen LogP contribution < -0.4 is 5.32 Å². The maximum Gasteiger partial charge on any atom is 0.228 e. The number of piperidine rings is 1. The molecule has 2 fully saturated rings. The van der Waals surface area contributed by atoms with Crippen LogP contribution in [0.15, 0.2) is 12.1 Å². The first-order valence-electron chi connectivity index (χ1n) is 12.8. The van der Waals surface area contributed by atoms with Gasteiger partial charge >= 0.3 is 0 Å². The molecule has 3 aromatic heterocycles. The molecule has 12 heteroatoms. The number of hydrogen-bond acceptors (Lipinski definition) is 9. The van der Waals surface area contributed by atoms with Gasteiger partial charge < -0.3 is 15.0 Å². The number of fused-ring (bicyclic) bond motifs is 2. The minimum Gasteiger partial charge on any atom is -0.391 e. The fourth-order valence-corrected chi connectivity index (χ4v) is 6.89. The van der Waals surface area contributed by atoms with Crippen molar-refractivity contribution in [2.24, 2.45) is 0 Å². The second kappa shape index (κ2) is 10.7. The topological polar surface area (TPSA) is 138 Å². The number of carbonyl (C=O) groups excluding carboxylic acids is 1. The molecule has 0 saturated carbocycles. The van der Waals surface area contributed by atoms with Crippen LogP contribution in [0.25, 0.3) is 0 Å². The predicted molar refractivity (Wildman–Crippen MR) is 134 cm³/mol. The van der Waals surface area contributed by atoms with E-state index in [0.717, 1.165) is 47.2 Å². The van der Waals surface area contributed by atoms with Crippen molar-refractivity contribution < 1.29 is 9.90 Å². The third-order valence-corrected chi connectivity index (χ3v) is 8.72. The molecule has 194 valence electrons. The summed E-state index contributed by atoms with van der Waals surface area (Å²) in [5.74, 6) is 2.70. The minimum absolute atomic E-state index is 0.00669. The van der Waals surface area contributed by atoms with Crippen LogP contribution in [-0.4, -0.2) is 69.9 Å². The van der Waals surface area contributed by atoms with Gasteiger partial charge in [0.2, 0.25) is 5.91 Å². The van der Waals surface area contributed by atoms with Gasteiger partial charge in [-0.05, 0) is 51.2 Å². The minimum atomic E-state index is -0.133. The van der Waals surface area contributed by atoms with Crippen LogP contribution in [0, 0.1) is 6.92 Å². The van der Waals surface area contributed by atoms with Crippen LogP contribution in [0.2, 0.25) is 0 Å². The Balaban J connectivity index is 1.26. The monoisotopic (exact) mass is 513 g/mol. The van der Waals surface area contributed by atoms with Crippen LogP contribution in [0.4, 0.5) is 0 Å². The SMILES string of the molecule is Cc1nnc(C(C)C)n1C1CC2CCC(C1)N2CC[C@H](NC(=O)Cc1nn[nH]n1)c1ccc(CO)s1. The lowest BCUT2D eigenvalue weighted by molar-refractivity contribution is -0.121. The van der Waals surface area contributed by atoms with Crippen molar-refractivity contribution >= 4 is 17.2 Å². The van der Waals surface area contributed by atoms with Crippen LogP contribution in [0.1, 0.15) is 91.2 Å². The summed E-state index contributed by atoms with van der Waals surface area (Å²) < 4.78 is 2.39. The van der Waals surface area contributed by atoms with E-state index in [-0.39, 0.29) is 25.0 Å². The molecule has 2 aliphatic rings. The Hall–Kier alpha value is -2.70. The highest BCUT2D eigenvalue weighted by molar-refractivity contribution is 7.12. The summed E-state index contributed by atoms with van der Waals surface area (Å²) in [5.41, 5.74) is 0. The maximum atomic E-state index is 12.8. The standard InChI is InChI=1S/C24H35N9O2S/c1-14(2)24-29-26-15(3)33(24)18-10-16-4-5-17(11-18)32(16)9-8-20(21-7-6-19(13-34)36-21)25-23(35)12-22-27-30-31-28-22/h6-7,14,16-18,20,34H,4-5,8-13H2,1-3H3,(H,25,35)(H,27,28,30,31)/t16?,17?,18?,20-/m0/s1. The number of aryl methyl sites for hydroxylation is 1. The summed E-state index contributed by atoms with van der Waals surface area (Å²) in [4.78, 5) is 17.4. The van der Waals surface area contributed by atoms with E-state index in [2.05, 4.69) is 66.4 Å². The zero-order valence-corrected chi connectivity index (χ0v) is 21.9. The molecule has 0 radical (unpaired) electrons. The van der Waals surface area contributed by atoms with Gasteiger partial charge in [-0.2, -0.15) is 5.21 Å². The summed E-state index contributed by atoms with van der Waals surface area (Å²) in [7, 11) is 0. The van der Waals surface area contributed by atoms with Crippen molar-refractivity contribution in [3.63, 3.8) is 0 Å². The number of aromatic nitrogens is 7. The van der Waals surface area contributed by atoms with E-state index in [1.54, 1.807) is 11.3 Å². The number of amides is 1. The molecule has 2 bridgehead atoms. The average molecular weight is 514 g/mol. The van der Waals surface area contributed by atoms with Gasteiger partial charge in [0.25, 0.3) is 0 Å². The Morgan fingerprint density at radius 2 is 1.97 bits per heavy atom. The summed E-state index contributed by atoms with van der Waals surface area (Å²) in [6.07, 6.45) is 5.53. The van der Waals surface area contributed by atoms with Crippen LogP contribution in [0.3, 0.4) is 0 Å². The molecule has 0 spiro atoms. The second-order valence-corrected chi connectivity index (χ2v) is 11.5. The Kier molecular flexibility index (Phi) is 7.44. The lowest BCUT2D eigenvalue weighted by Gasteiger charge is -2.40. The number of nitrogens with one attached hydrogen (secondary N) is 2. The van der Waals surface area contributed by atoms with Crippen LogP contribution >= 0.6 is 11.3 Å². The number of tetrazole rings is 1. The Morgan fingerprint density at radius 1 is 1.19 bits per heavy atom. The van der Waals surface area contributed by atoms with Crippen molar-refractivity contribution in [1.29, 1.82) is 0 Å². The van der Waals surface area contributed by atoms with Gasteiger partial charge in [0, 0.05) is 40.3 Å². The first-order valence-corrected chi connectivity index (χ1v) is 13.6. The molecule has 2 unspecified atom stereocenters. The van der Waals surface area contributed by atoms with Gasteiger partial charge in [-0.15, -0.1) is 31.7 Å². The third-order valence-electron chi connectivity index (χ3n) is 7.53. The molecular weight excluding hydrogens is 478 g/mol. The normalized spacial score (nSPS) is 22.9. The van der Waals surface area contributed by atoms with E-state index in [1.807, 2.05) is 12.1 Å². The zero-order valence-electron chi connectivity index (χ0n) is 21.1. The van der Waals surface area contributed by atoms with Gasteiger partial charge in [-0.1, -0.05) is 19.1 Å². The van der Waals surface area contributed by atoms with Crippen LogP contribution in [0.5, 0.6) is 0 Å². The van der Waals surface area contributed by atoms with E-state index >= 15 is 0 Å². The second-order valence-electron chi connectivity index (χ2n) is 10.3. The van der Waals surface area contributed by atoms with E-state index in [1.165, 1.54) is 12.8 Å². The summed E-state index contributed by atoms with van der Waals surface area (Å²) >= 11 is 1.55. The molecule has 1 amide bonds. The van der Waals surface area contributed by atoms with Crippen molar-refractivity contribution in [2.75, 3.05) is 6.54 Å². The molecule has 3 N–H and O–H groups in total. The molecule has 3 atom stereocenters. The Morgan fingerprint density at radius 3 is 2.61 bits per heavy atom. The summed E-state index contributed by atoms with van der Waals surface area (Å²) in [6.45, 7) is 7.36. The first-order chi connectivity index (χ1) is 17.4. The number of aliphatic hydroxyl groups is 1. The third kappa shape index (κ3) is 5.21. The molecule has 2 aliphatic heterocycles. The van der Waals surface area contributed by atoms with Crippen molar-refractivity contribution in [2.45, 2.75) is 96.0 Å². The zero-order chi connectivity index (χ0) is 25.2. The largest absolute Gasteiger partial charge is 0.391 e. The number of aromatic amines is 1. The van der Waals surface area contributed by atoms with Crippen molar-refractivity contribution in [1.82, 2.24) is 45.6 Å². The van der Waals surface area contributed by atoms with Gasteiger partial charge in [0.05, 0.1) is 19.1 Å². The lowest BCUT2D eigenvalue weighted by atomic mass is 9.95. The molecule has 0 aliphatic carbocycles. The Labute approximate surface area is 214 Å². The fourth-order valence-electron chi connectivity index (χ4n) is 5.93. The number of aliphatic hydroxyl groups excluding tert-OH is 1. The highest BCUT2D eigenvalue weighted by Crippen LogP contribution is 2.42. The highest BCUT2D eigenvalue weighted by atomic mass is 32.1. The Bertz CT molecular complexity index is 1140. The van der Waals surface area contributed by atoms with E-state index in [4.69, 9.17) is 0 Å². The van der Waals surface area contributed by atoms with Crippen molar-refractivity contribution in [3.8, 4) is 0 Å². The van der Waals surface area contributed by atoms with Gasteiger partial charge in [-0.25, -0.2) is 0 Å². The number of H-pyrrole nitrogens is 1. The molecule has 3 aromatic rings. The first kappa shape index (κ1) is 25.0. The molecule has 2 saturated heterocycles.